The molecule has 3 rings (SSSR count). The Morgan fingerprint density at radius 1 is 0.906 bits per heavy atom. The van der Waals surface area contributed by atoms with Crippen LogP contribution in [0.15, 0.2) is 60.3 Å². The number of hydrogen-bond acceptors (Lipinski definition) is 4. The lowest BCUT2D eigenvalue weighted by molar-refractivity contribution is -0.274. The van der Waals surface area contributed by atoms with Gasteiger partial charge in [-0.25, -0.2) is 4.39 Å². The van der Waals surface area contributed by atoms with Crippen LogP contribution in [-0.4, -0.2) is 31.3 Å². The molecular formula is C23H25BF4O4. The summed E-state index contributed by atoms with van der Waals surface area (Å²) in [6.07, 6.45) is -4.79. The van der Waals surface area contributed by atoms with Gasteiger partial charge in [0.25, 0.3) is 0 Å². The first kappa shape index (κ1) is 24.1. The second kappa shape index (κ2) is 9.15. The fraction of sp³-hybridized carbons (Fsp3) is 0.391. The third-order valence-corrected chi connectivity index (χ3v) is 5.53. The minimum atomic E-state index is -4.86. The van der Waals surface area contributed by atoms with Gasteiger partial charge in [-0.2, -0.15) is 0 Å². The molecule has 1 saturated heterocycles. The predicted molar refractivity (Wildman–Crippen MR) is 114 cm³/mol. The first-order valence-corrected chi connectivity index (χ1v) is 10.2. The lowest BCUT2D eigenvalue weighted by Gasteiger charge is -2.32. The van der Waals surface area contributed by atoms with Gasteiger partial charge in [-0.1, -0.05) is 30.3 Å². The Bertz CT molecular complexity index is 942. The molecule has 0 aliphatic carbocycles. The highest BCUT2D eigenvalue weighted by molar-refractivity contribution is 6.55. The van der Waals surface area contributed by atoms with Gasteiger partial charge >= 0.3 is 13.5 Å². The van der Waals surface area contributed by atoms with E-state index in [2.05, 4.69) is 4.74 Å². The minimum absolute atomic E-state index is 0.0697. The molecule has 0 bridgehead atoms. The molecule has 0 aromatic heterocycles. The molecule has 1 aliphatic heterocycles. The third kappa shape index (κ3) is 5.83. The molecule has 9 heteroatoms. The van der Waals surface area contributed by atoms with E-state index in [0.717, 1.165) is 12.1 Å². The number of halogens is 4. The Morgan fingerprint density at radius 3 is 2.09 bits per heavy atom. The quantitative estimate of drug-likeness (QED) is 0.362. The van der Waals surface area contributed by atoms with Crippen molar-refractivity contribution in [1.82, 2.24) is 0 Å². The highest BCUT2D eigenvalue weighted by atomic mass is 19.4. The standard InChI is InChI=1S/C23H25BF4O4/c1-21(2)22(3,4)32-24(31-21)20(25)19(13-14-29-17-10-6-5-7-11-17)16-9-8-12-18(15-16)30-23(26,27)28/h5-12,15H,13-14H2,1-4H3. The van der Waals surface area contributed by atoms with Crippen LogP contribution in [0.4, 0.5) is 17.6 Å². The maximum Gasteiger partial charge on any atom is 0.573 e. The molecule has 0 unspecified atom stereocenters. The van der Waals surface area contributed by atoms with Gasteiger partial charge in [-0.3, -0.25) is 0 Å². The van der Waals surface area contributed by atoms with Crippen molar-refractivity contribution in [2.24, 2.45) is 0 Å². The van der Waals surface area contributed by atoms with Crippen LogP contribution in [0.2, 0.25) is 0 Å². The maximum atomic E-state index is 15.7. The Balaban J connectivity index is 1.91. The molecule has 1 aliphatic rings. The van der Waals surface area contributed by atoms with Crippen LogP contribution in [-0.2, 0) is 9.31 Å². The molecule has 4 nitrogen and oxygen atoms in total. The summed E-state index contributed by atoms with van der Waals surface area (Å²) in [5.41, 5.74) is -1.93. The molecule has 2 aromatic rings. The average Bonchev–Trinajstić information content (AvgIpc) is 2.92. The highest BCUT2D eigenvalue weighted by Gasteiger charge is 2.53. The summed E-state index contributed by atoms with van der Waals surface area (Å²) in [5.74, 6) is 0.148. The van der Waals surface area contributed by atoms with Crippen molar-refractivity contribution in [3.8, 4) is 11.5 Å². The van der Waals surface area contributed by atoms with Crippen molar-refractivity contribution in [2.45, 2.75) is 51.7 Å². The topological polar surface area (TPSA) is 36.9 Å². The molecule has 32 heavy (non-hydrogen) atoms. The van der Waals surface area contributed by atoms with E-state index in [1.165, 1.54) is 12.1 Å². The number of alkyl halides is 3. The first-order chi connectivity index (χ1) is 14.9. The second-order valence-electron chi connectivity index (χ2n) is 8.40. The van der Waals surface area contributed by atoms with E-state index in [0.29, 0.717) is 5.75 Å². The zero-order chi connectivity index (χ0) is 23.6. The molecule has 0 saturated carbocycles. The lowest BCUT2D eigenvalue weighted by atomic mass is 9.82. The number of rotatable bonds is 7. The summed E-state index contributed by atoms with van der Waals surface area (Å²) in [6.45, 7) is 7.25. The molecule has 0 atom stereocenters. The molecule has 172 valence electrons. The van der Waals surface area contributed by atoms with E-state index in [1.54, 1.807) is 52.0 Å². The number of ether oxygens (including phenoxy) is 2. The van der Waals surface area contributed by atoms with Crippen molar-refractivity contribution >= 4 is 12.7 Å². The smallest absolute Gasteiger partial charge is 0.493 e. The molecule has 1 heterocycles. The average molecular weight is 452 g/mol. The Morgan fingerprint density at radius 2 is 1.50 bits per heavy atom. The minimum Gasteiger partial charge on any atom is -0.493 e. The second-order valence-corrected chi connectivity index (χ2v) is 8.40. The fourth-order valence-corrected chi connectivity index (χ4v) is 3.16. The van der Waals surface area contributed by atoms with Crippen molar-refractivity contribution in [1.29, 1.82) is 0 Å². The number of hydrogen-bond donors (Lipinski definition) is 0. The van der Waals surface area contributed by atoms with Crippen LogP contribution in [0.5, 0.6) is 11.5 Å². The van der Waals surface area contributed by atoms with Gasteiger partial charge in [0, 0.05) is 6.42 Å². The van der Waals surface area contributed by atoms with Crippen molar-refractivity contribution in [3.63, 3.8) is 0 Å². The summed E-state index contributed by atoms with van der Waals surface area (Å²) in [5, 5.41) is 0. The maximum absolute atomic E-state index is 15.7. The molecule has 1 fully saturated rings. The van der Waals surface area contributed by atoms with Crippen molar-refractivity contribution < 1.29 is 36.3 Å². The summed E-state index contributed by atoms with van der Waals surface area (Å²) < 4.78 is 74.9. The zero-order valence-electron chi connectivity index (χ0n) is 18.3. The predicted octanol–water partition coefficient (Wildman–Crippen LogP) is 6.37. The number of para-hydroxylation sites is 1. The van der Waals surface area contributed by atoms with Gasteiger partial charge in [0.1, 0.15) is 17.2 Å². The highest BCUT2D eigenvalue weighted by Crippen LogP contribution is 2.41. The van der Waals surface area contributed by atoms with E-state index >= 15 is 4.39 Å². The summed E-state index contributed by atoms with van der Waals surface area (Å²) in [6, 6.07) is 14.1. The SMILES string of the molecule is CC1(C)OB(C(F)=C(CCOc2ccccc2)c2cccc(OC(F)(F)F)c2)OC1(C)C. The van der Waals surface area contributed by atoms with Gasteiger partial charge in [0.2, 0.25) is 0 Å². The van der Waals surface area contributed by atoms with E-state index < -0.39 is 36.2 Å². The lowest BCUT2D eigenvalue weighted by Crippen LogP contribution is -2.41. The van der Waals surface area contributed by atoms with E-state index in [1.807, 2.05) is 6.07 Å². The van der Waals surface area contributed by atoms with E-state index in [-0.39, 0.29) is 24.2 Å². The Kier molecular flexibility index (Phi) is 6.90. The Labute approximate surface area is 185 Å². The third-order valence-electron chi connectivity index (χ3n) is 5.53. The summed E-state index contributed by atoms with van der Waals surface area (Å²) in [7, 11) is -1.29. The van der Waals surface area contributed by atoms with Crippen molar-refractivity contribution in [3.05, 3.63) is 65.9 Å². The molecule has 0 spiro atoms. The molecule has 0 N–H and O–H groups in total. The summed E-state index contributed by atoms with van der Waals surface area (Å²) in [4.78, 5) is 0. The van der Waals surface area contributed by atoms with Crippen LogP contribution in [0.3, 0.4) is 0 Å². The summed E-state index contributed by atoms with van der Waals surface area (Å²) >= 11 is 0. The van der Waals surface area contributed by atoms with Crippen LogP contribution in [0, 0.1) is 0 Å². The molecular weight excluding hydrogens is 427 g/mol. The van der Waals surface area contributed by atoms with Crippen LogP contribution < -0.4 is 9.47 Å². The van der Waals surface area contributed by atoms with Gasteiger partial charge < -0.3 is 18.8 Å². The van der Waals surface area contributed by atoms with Crippen LogP contribution in [0.1, 0.15) is 39.7 Å². The zero-order valence-corrected chi connectivity index (χ0v) is 18.3. The fourth-order valence-electron chi connectivity index (χ4n) is 3.16. The van der Waals surface area contributed by atoms with Gasteiger partial charge in [-0.15, -0.1) is 13.2 Å². The van der Waals surface area contributed by atoms with E-state index in [9.17, 15) is 13.2 Å². The van der Waals surface area contributed by atoms with Crippen LogP contribution >= 0.6 is 0 Å². The van der Waals surface area contributed by atoms with Crippen molar-refractivity contribution in [2.75, 3.05) is 6.61 Å². The molecule has 0 amide bonds. The number of benzene rings is 2. The van der Waals surface area contributed by atoms with Gasteiger partial charge in [-0.05, 0) is 63.1 Å². The largest absolute Gasteiger partial charge is 0.573 e. The first-order valence-electron chi connectivity index (χ1n) is 10.2. The van der Waals surface area contributed by atoms with E-state index in [4.69, 9.17) is 14.0 Å². The van der Waals surface area contributed by atoms with Crippen LogP contribution in [0.25, 0.3) is 5.57 Å². The normalized spacial score (nSPS) is 18.3. The van der Waals surface area contributed by atoms with Gasteiger partial charge in [0.15, 0.2) is 0 Å². The molecule has 2 aromatic carbocycles. The van der Waals surface area contributed by atoms with Gasteiger partial charge in [0.05, 0.1) is 17.8 Å². The monoisotopic (exact) mass is 452 g/mol. The Hall–Kier alpha value is -2.52. The molecule has 0 radical (unpaired) electrons.